The highest BCUT2D eigenvalue weighted by Gasteiger charge is 2.22. The first-order valence-corrected chi connectivity index (χ1v) is 7.44. The van der Waals surface area contributed by atoms with Crippen LogP contribution in [-0.2, 0) is 4.74 Å². The molecule has 1 saturated carbocycles. The molecule has 1 aliphatic carbocycles. The molecule has 5 heteroatoms. The summed E-state index contributed by atoms with van der Waals surface area (Å²) in [7, 11) is 0. The van der Waals surface area contributed by atoms with E-state index in [1.54, 1.807) is 13.8 Å². The summed E-state index contributed by atoms with van der Waals surface area (Å²) in [6, 6.07) is 0. The molecule has 0 aliphatic heterocycles. The monoisotopic (exact) mass is 277 g/mol. The molecule has 1 heterocycles. The lowest BCUT2D eigenvalue weighted by molar-refractivity contribution is 0.0525. The topological polar surface area (TPSA) is 78.1 Å². The van der Waals surface area contributed by atoms with E-state index in [-0.39, 0.29) is 5.82 Å². The maximum Gasteiger partial charge on any atom is 0.343 e. The maximum absolute atomic E-state index is 11.8. The molecule has 110 valence electrons. The van der Waals surface area contributed by atoms with E-state index in [9.17, 15) is 4.79 Å². The summed E-state index contributed by atoms with van der Waals surface area (Å²) >= 11 is 0. The van der Waals surface area contributed by atoms with E-state index in [4.69, 9.17) is 10.5 Å². The summed E-state index contributed by atoms with van der Waals surface area (Å²) in [6.45, 7) is 3.89. The van der Waals surface area contributed by atoms with Crippen LogP contribution in [0.15, 0.2) is 0 Å². The van der Waals surface area contributed by atoms with Gasteiger partial charge in [0.25, 0.3) is 0 Å². The molecule has 1 aromatic rings. The van der Waals surface area contributed by atoms with Crippen molar-refractivity contribution in [1.82, 2.24) is 9.97 Å². The van der Waals surface area contributed by atoms with E-state index in [0.717, 1.165) is 18.7 Å². The molecule has 1 aromatic heterocycles. The number of carbonyl (C=O) groups excluding carboxylic acids is 1. The van der Waals surface area contributed by atoms with Crippen LogP contribution in [0, 0.1) is 6.92 Å². The van der Waals surface area contributed by atoms with Gasteiger partial charge in [0.05, 0.1) is 12.3 Å². The molecule has 0 radical (unpaired) electrons. The van der Waals surface area contributed by atoms with Crippen LogP contribution in [0.25, 0.3) is 0 Å². The lowest BCUT2D eigenvalue weighted by Gasteiger charge is -2.15. The highest BCUT2D eigenvalue weighted by Crippen LogP contribution is 2.30. The van der Waals surface area contributed by atoms with Gasteiger partial charge in [0.1, 0.15) is 17.2 Å². The molecule has 0 atom stereocenters. The van der Waals surface area contributed by atoms with Gasteiger partial charge in [0.2, 0.25) is 0 Å². The summed E-state index contributed by atoms with van der Waals surface area (Å²) in [5, 5.41) is 0. The van der Waals surface area contributed by atoms with Crippen LogP contribution < -0.4 is 5.73 Å². The Balaban J connectivity index is 2.26. The van der Waals surface area contributed by atoms with E-state index in [0.29, 0.717) is 23.8 Å². The molecule has 5 nitrogen and oxygen atoms in total. The van der Waals surface area contributed by atoms with Crippen molar-refractivity contribution in [2.24, 2.45) is 0 Å². The van der Waals surface area contributed by atoms with Crippen molar-refractivity contribution in [3.63, 3.8) is 0 Å². The first-order chi connectivity index (χ1) is 9.63. The highest BCUT2D eigenvalue weighted by molar-refractivity contribution is 5.95. The zero-order chi connectivity index (χ0) is 14.5. The Hall–Kier alpha value is -1.65. The number of nitrogens with zero attached hydrogens (tertiary/aromatic N) is 2. The molecular formula is C15H23N3O2. The molecule has 0 bridgehead atoms. The van der Waals surface area contributed by atoms with Crippen molar-refractivity contribution in [2.75, 3.05) is 12.3 Å². The number of nitrogens with two attached hydrogens (primary N) is 1. The van der Waals surface area contributed by atoms with Crippen LogP contribution in [0.3, 0.4) is 0 Å². The van der Waals surface area contributed by atoms with Gasteiger partial charge >= 0.3 is 5.97 Å². The lowest BCUT2D eigenvalue weighted by atomic mass is 9.99. The van der Waals surface area contributed by atoms with Gasteiger partial charge in [-0.05, 0) is 26.7 Å². The number of nitrogen functional groups attached to an aromatic ring is 1. The summed E-state index contributed by atoms with van der Waals surface area (Å²) in [4.78, 5) is 20.7. The fourth-order valence-corrected chi connectivity index (χ4v) is 2.79. The molecule has 0 saturated heterocycles. The van der Waals surface area contributed by atoms with Gasteiger partial charge in [-0.15, -0.1) is 0 Å². The average molecular weight is 277 g/mol. The Morgan fingerprint density at radius 3 is 2.45 bits per heavy atom. The number of carbonyl (C=O) groups is 1. The minimum atomic E-state index is -0.435. The molecule has 0 aromatic carbocycles. The first-order valence-electron chi connectivity index (χ1n) is 7.44. The van der Waals surface area contributed by atoms with Crippen LogP contribution in [0.2, 0.25) is 0 Å². The normalized spacial score (nSPS) is 16.7. The minimum absolute atomic E-state index is 0.246. The van der Waals surface area contributed by atoms with Crippen LogP contribution in [0.5, 0.6) is 0 Å². The third-order valence-electron chi connectivity index (χ3n) is 3.84. The van der Waals surface area contributed by atoms with Gasteiger partial charge in [-0.2, -0.15) is 0 Å². The minimum Gasteiger partial charge on any atom is -0.462 e. The van der Waals surface area contributed by atoms with E-state index < -0.39 is 5.97 Å². The third-order valence-corrected chi connectivity index (χ3v) is 3.84. The lowest BCUT2D eigenvalue weighted by Crippen LogP contribution is -2.16. The van der Waals surface area contributed by atoms with Crippen LogP contribution >= 0.6 is 0 Å². The standard InChI is InChI=1S/C15H23N3O2/c1-3-20-15(19)12-10(2)17-14(18-13(12)16)11-8-6-4-5-7-9-11/h11H,3-9H2,1-2H3,(H2,16,17,18). The molecule has 0 spiro atoms. The predicted octanol–water partition coefficient (Wildman–Crippen LogP) is 2.98. The van der Waals surface area contributed by atoms with E-state index in [2.05, 4.69) is 9.97 Å². The summed E-state index contributed by atoms with van der Waals surface area (Å²) < 4.78 is 5.00. The second-order valence-corrected chi connectivity index (χ2v) is 5.34. The zero-order valence-corrected chi connectivity index (χ0v) is 12.3. The fraction of sp³-hybridized carbons (Fsp3) is 0.667. The fourth-order valence-electron chi connectivity index (χ4n) is 2.79. The highest BCUT2D eigenvalue weighted by atomic mass is 16.5. The van der Waals surface area contributed by atoms with Crippen LogP contribution in [-0.4, -0.2) is 22.5 Å². The van der Waals surface area contributed by atoms with Crippen molar-refractivity contribution in [3.8, 4) is 0 Å². The number of anilines is 1. The second kappa shape index (κ2) is 6.68. The van der Waals surface area contributed by atoms with Crippen molar-refractivity contribution in [3.05, 3.63) is 17.1 Å². The first kappa shape index (κ1) is 14.8. The van der Waals surface area contributed by atoms with Gasteiger partial charge < -0.3 is 10.5 Å². The Labute approximate surface area is 119 Å². The number of aryl methyl sites for hydroxylation is 1. The summed E-state index contributed by atoms with van der Waals surface area (Å²) in [6.07, 6.45) is 7.21. The molecule has 1 aliphatic rings. The van der Waals surface area contributed by atoms with Crippen molar-refractivity contribution in [2.45, 2.75) is 58.3 Å². The zero-order valence-electron chi connectivity index (χ0n) is 12.3. The molecule has 2 N–H and O–H groups in total. The van der Waals surface area contributed by atoms with Crippen molar-refractivity contribution in [1.29, 1.82) is 0 Å². The Kier molecular flexibility index (Phi) is 4.93. The number of aromatic nitrogens is 2. The largest absolute Gasteiger partial charge is 0.462 e. The van der Waals surface area contributed by atoms with Crippen molar-refractivity contribution < 1.29 is 9.53 Å². The third kappa shape index (κ3) is 3.26. The molecule has 1 fully saturated rings. The Morgan fingerprint density at radius 1 is 1.25 bits per heavy atom. The number of esters is 1. The number of ether oxygens (including phenoxy) is 1. The number of hydrogen-bond acceptors (Lipinski definition) is 5. The molecule has 2 rings (SSSR count). The Morgan fingerprint density at radius 2 is 1.90 bits per heavy atom. The second-order valence-electron chi connectivity index (χ2n) is 5.34. The Bertz CT molecular complexity index is 457. The molecule has 0 amide bonds. The van der Waals surface area contributed by atoms with Gasteiger partial charge in [-0.25, -0.2) is 14.8 Å². The quantitative estimate of drug-likeness (QED) is 0.678. The van der Waals surface area contributed by atoms with E-state index in [1.807, 2.05) is 0 Å². The predicted molar refractivity (Wildman–Crippen MR) is 77.6 cm³/mol. The van der Waals surface area contributed by atoms with E-state index in [1.165, 1.54) is 25.7 Å². The molecule has 20 heavy (non-hydrogen) atoms. The maximum atomic E-state index is 11.8. The summed E-state index contributed by atoms with van der Waals surface area (Å²) in [5.41, 5.74) is 6.88. The molecule has 0 unspecified atom stereocenters. The summed E-state index contributed by atoms with van der Waals surface area (Å²) in [5.74, 6) is 0.967. The number of rotatable bonds is 3. The number of hydrogen-bond donors (Lipinski definition) is 1. The van der Waals surface area contributed by atoms with Crippen LogP contribution in [0.4, 0.5) is 5.82 Å². The van der Waals surface area contributed by atoms with Gasteiger partial charge in [-0.3, -0.25) is 0 Å². The van der Waals surface area contributed by atoms with Gasteiger partial charge in [-0.1, -0.05) is 25.7 Å². The van der Waals surface area contributed by atoms with E-state index >= 15 is 0 Å². The average Bonchev–Trinajstić information content (AvgIpc) is 2.66. The smallest absolute Gasteiger partial charge is 0.343 e. The van der Waals surface area contributed by atoms with Crippen molar-refractivity contribution >= 4 is 11.8 Å². The van der Waals surface area contributed by atoms with Gasteiger partial charge in [0.15, 0.2) is 0 Å². The molecular weight excluding hydrogens is 254 g/mol. The SMILES string of the molecule is CCOC(=O)c1c(C)nc(C2CCCCCC2)nc1N. The van der Waals surface area contributed by atoms with Crippen LogP contribution in [0.1, 0.15) is 73.2 Å². The van der Waals surface area contributed by atoms with Gasteiger partial charge in [0, 0.05) is 5.92 Å².